The van der Waals surface area contributed by atoms with Gasteiger partial charge in [0.2, 0.25) is 0 Å². The van der Waals surface area contributed by atoms with Crippen molar-refractivity contribution < 1.29 is 0 Å². The van der Waals surface area contributed by atoms with Crippen molar-refractivity contribution in [2.45, 2.75) is 85.5 Å². The molecule has 0 rings (SSSR count). The molecular formula is C17H37N. The van der Waals surface area contributed by atoms with Crippen LogP contribution in [0.25, 0.3) is 0 Å². The summed E-state index contributed by atoms with van der Waals surface area (Å²) in [6.07, 6.45) is 12.8. The highest BCUT2D eigenvalue weighted by molar-refractivity contribution is 4.79. The van der Waals surface area contributed by atoms with Gasteiger partial charge in [-0.25, -0.2) is 0 Å². The minimum atomic E-state index is 0.483. The van der Waals surface area contributed by atoms with Gasteiger partial charge in [-0.3, -0.25) is 0 Å². The van der Waals surface area contributed by atoms with Gasteiger partial charge in [-0.2, -0.15) is 0 Å². The fourth-order valence-corrected chi connectivity index (χ4v) is 2.65. The Morgan fingerprint density at radius 3 is 1.83 bits per heavy atom. The van der Waals surface area contributed by atoms with Crippen molar-refractivity contribution in [1.29, 1.82) is 0 Å². The predicted molar refractivity (Wildman–Crippen MR) is 84.1 cm³/mol. The van der Waals surface area contributed by atoms with Gasteiger partial charge in [0.15, 0.2) is 0 Å². The summed E-state index contributed by atoms with van der Waals surface area (Å²) in [7, 11) is 2.08. The number of rotatable bonds is 12. The van der Waals surface area contributed by atoms with Gasteiger partial charge in [0, 0.05) is 6.54 Å². The Labute approximate surface area is 116 Å². The summed E-state index contributed by atoms with van der Waals surface area (Å²) in [5.74, 6) is 0.773. The molecule has 0 aromatic carbocycles. The van der Waals surface area contributed by atoms with Crippen molar-refractivity contribution in [1.82, 2.24) is 5.32 Å². The summed E-state index contributed by atoms with van der Waals surface area (Å²) in [5, 5.41) is 3.36. The van der Waals surface area contributed by atoms with E-state index in [4.69, 9.17) is 0 Å². The van der Waals surface area contributed by atoms with Gasteiger partial charge in [0.25, 0.3) is 0 Å². The van der Waals surface area contributed by atoms with E-state index in [2.05, 4.69) is 40.1 Å². The van der Waals surface area contributed by atoms with Crippen LogP contribution in [0.15, 0.2) is 0 Å². The van der Waals surface area contributed by atoms with Crippen molar-refractivity contribution in [3.8, 4) is 0 Å². The lowest BCUT2D eigenvalue weighted by Crippen LogP contribution is -2.34. The molecular weight excluding hydrogens is 218 g/mol. The highest BCUT2D eigenvalue weighted by Gasteiger charge is 2.26. The Hall–Kier alpha value is -0.0400. The molecule has 0 saturated heterocycles. The van der Waals surface area contributed by atoms with E-state index in [0.29, 0.717) is 5.41 Å². The van der Waals surface area contributed by atoms with Crippen LogP contribution in [0.4, 0.5) is 0 Å². The average molecular weight is 255 g/mol. The third kappa shape index (κ3) is 8.13. The second-order valence-corrected chi connectivity index (χ2v) is 6.56. The number of unbranched alkanes of at least 4 members (excludes halogenated alkanes) is 7. The molecule has 110 valence electrons. The molecule has 0 aliphatic rings. The average Bonchev–Trinajstić information content (AvgIpc) is 2.33. The van der Waals surface area contributed by atoms with E-state index in [-0.39, 0.29) is 0 Å². The van der Waals surface area contributed by atoms with E-state index in [0.717, 1.165) is 12.5 Å². The summed E-state index contributed by atoms with van der Waals surface area (Å²) < 4.78 is 0. The zero-order valence-corrected chi connectivity index (χ0v) is 13.6. The smallest absolute Gasteiger partial charge is 0.000461 e. The molecule has 1 nitrogen and oxygen atoms in total. The molecule has 1 N–H and O–H groups in total. The summed E-state index contributed by atoms with van der Waals surface area (Å²) in [6.45, 7) is 10.6. The lowest BCUT2D eigenvalue weighted by Gasteiger charge is -2.34. The van der Waals surface area contributed by atoms with E-state index in [1.54, 1.807) is 0 Å². The molecule has 0 radical (unpaired) electrons. The first-order valence-electron chi connectivity index (χ1n) is 8.21. The highest BCUT2D eigenvalue weighted by atomic mass is 14.8. The SMILES string of the molecule is CCCCCCCCCCC(C)(CNC)C(C)C. The fraction of sp³-hybridized carbons (Fsp3) is 1.00. The zero-order valence-electron chi connectivity index (χ0n) is 13.6. The summed E-state index contributed by atoms with van der Waals surface area (Å²) in [4.78, 5) is 0. The quantitative estimate of drug-likeness (QED) is 0.460. The van der Waals surface area contributed by atoms with Crippen LogP contribution < -0.4 is 5.32 Å². The van der Waals surface area contributed by atoms with Gasteiger partial charge in [-0.15, -0.1) is 0 Å². The second-order valence-electron chi connectivity index (χ2n) is 6.56. The summed E-state index contributed by atoms with van der Waals surface area (Å²) in [6, 6.07) is 0. The summed E-state index contributed by atoms with van der Waals surface area (Å²) in [5.41, 5.74) is 0.483. The number of hydrogen-bond acceptors (Lipinski definition) is 1. The Morgan fingerprint density at radius 1 is 0.889 bits per heavy atom. The minimum Gasteiger partial charge on any atom is -0.319 e. The molecule has 1 heteroatoms. The van der Waals surface area contributed by atoms with Crippen molar-refractivity contribution in [2.75, 3.05) is 13.6 Å². The Bertz CT molecular complexity index is 176. The Kier molecular flexibility index (Phi) is 10.8. The number of nitrogens with one attached hydrogen (secondary N) is 1. The lowest BCUT2D eigenvalue weighted by atomic mass is 9.75. The van der Waals surface area contributed by atoms with Gasteiger partial charge in [0.1, 0.15) is 0 Å². The van der Waals surface area contributed by atoms with Crippen LogP contribution in [-0.2, 0) is 0 Å². The van der Waals surface area contributed by atoms with Gasteiger partial charge in [-0.05, 0) is 24.8 Å². The van der Waals surface area contributed by atoms with E-state index in [9.17, 15) is 0 Å². The molecule has 0 aliphatic carbocycles. The molecule has 0 amide bonds. The van der Waals surface area contributed by atoms with Crippen LogP contribution in [-0.4, -0.2) is 13.6 Å². The molecule has 0 saturated carbocycles. The molecule has 0 aliphatic heterocycles. The van der Waals surface area contributed by atoms with Gasteiger partial charge in [0.05, 0.1) is 0 Å². The molecule has 1 atom stereocenters. The first-order valence-corrected chi connectivity index (χ1v) is 8.21. The lowest BCUT2D eigenvalue weighted by molar-refractivity contribution is 0.189. The molecule has 0 fully saturated rings. The predicted octanol–water partition coefficient (Wildman–Crippen LogP) is 5.40. The second kappa shape index (κ2) is 10.8. The van der Waals surface area contributed by atoms with E-state index < -0.39 is 0 Å². The van der Waals surface area contributed by atoms with Crippen LogP contribution >= 0.6 is 0 Å². The molecule has 0 aromatic rings. The maximum absolute atomic E-state index is 3.36. The Balaban J connectivity index is 3.56. The van der Waals surface area contributed by atoms with Crippen molar-refractivity contribution in [3.63, 3.8) is 0 Å². The van der Waals surface area contributed by atoms with Gasteiger partial charge in [-0.1, -0.05) is 79.1 Å². The largest absolute Gasteiger partial charge is 0.319 e. The molecule has 1 unspecified atom stereocenters. The zero-order chi connectivity index (χ0) is 13.9. The van der Waals surface area contributed by atoms with Gasteiger partial charge >= 0.3 is 0 Å². The van der Waals surface area contributed by atoms with Crippen molar-refractivity contribution in [3.05, 3.63) is 0 Å². The van der Waals surface area contributed by atoms with Crippen molar-refractivity contribution >= 4 is 0 Å². The van der Waals surface area contributed by atoms with Gasteiger partial charge < -0.3 is 5.32 Å². The molecule has 0 aromatic heterocycles. The molecule has 0 bridgehead atoms. The third-order valence-electron chi connectivity index (χ3n) is 4.58. The minimum absolute atomic E-state index is 0.483. The van der Waals surface area contributed by atoms with E-state index in [1.165, 1.54) is 57.8 Å². The molecule has 0 spiro atoms. The van der Waals surface area contributed by atoms with Crippen LogP contribution in [0.3, 0.4) is 0 Å². The van der Waals surface area contributed by atoms with E-state index >= 15 is 0 Å². The van der Waals surface area contributed by atoms with E-state index in [1.807, 2.05) is 0 Å². The third-order valence-corrected chi connectivity index (χ3v) is 4.58. The van der Waals surface area contributed by atoms with Crippen LogP contribution in [0.1, 0.15) is 85.5 Å². The molecule has 18 heavy (non-hydrogen) atoms. The normalized spacial score (nSPS) is 15.0. The van der Waals surface area contributed by atoms with Crippen LogP contribution in [0.5, 0.6) is 0 Å². The monoisotopic (exact) mass is 255 g/mol. The Morgan fingerprint density at radius 2 is 1.39 bits per heavy atom. The topological polar surface area (TPSA) is 12.0 Å². The first-order chi connectivity index (χ1) is 8.56. The fourth-order valence-electron chi connectivity index (χ4n) is 2.65. The first kappa shape index (κ1) is 18.0. The number of hydrogen-bond donors (Lipinski definition) is 1. The highest BCUT2D eigenvalue weighted by Crippen LogP contribution is 2.32. The molecule has 0 heterocycles. The van der Waals surface area contributed by atoms with Crippen molar-refractivity contribution in [2.24, 2.45) is 11.3 Å². The maximum atomic E-state index is 3.36. The van der Waals surface area contributed by atoms with Crippen LogP contribution in [0.2, 0.25) is 0 Å². The maximum Gasteiger partial charge on any atom is 0.000461 e. The summed E-state index contributed by atoms with van der Waals surface area (Å²) >= 11 is 0. The standard InChI is InChI=1S/C17H37N/c1-6-7-8-9-10-11-12-13-14-17(4,15-18-5)16(2)3/h16,18H,6-15H2,1-5H3. The van der Waals surface area contributed by atoms with Crippen LogP contribution in [0, 0.1) is 11.3 Å².